The highest BCUT2D eigenvalue weighted by Crippen LogP contribution is 2.43. The Labute approximate surface area is 134 Å². The van der Waals surface area contributed by atoms with Crippen LogP contribution in [0.2, 0.25) is 0 Å². The minimum Gasteiger partial charge on any atom is -0.330 e. The predicted molar refractivity (Wildman–Crippen MR) is 82.0 cm³/mol. The van der Waals surface area contributed by atoms with Crippen LogP contribution in [0.1, 0.15) is 45.2 Å². The van der Waals surface area contributed by atoms with Gasteiger partial charge in [-0.05, 0) is 51.3 Å². The molecule has 6 heteroatoms. The summed E-state index contributed by atoms with van der Waals surface area (Å²) >= 11 is 0. The lowest BCUT2D eigenvalue weighted by molar-refractivity contribution is -0.137. The van der Waals surface area contributed by atoms with Gasteiger partial charge in [-0.1, -0.05) is 0 Å². The molecule has 0 aromatic heterocycles. The molecule has 1 fully saturated rings. The number of nitrogens with zero attached hydrogens (tertiary/aromatic N) is 2. The van der Waals surface area contributed by atoms with E-state index < -0.39 is 29.1 Å². The molecule has 4 nitrogen and oxygen atoms in total. The van der Waals surface area contributed by atoms with Gasteiger partial charge in [0.05, 0.1) is 29.6 Å². The lowest BCUT2D eigenvalue weighted by Crippen LogP contribution is -2.50. The van der Waals surface area contributed by atoms with Gasteiger partial charge in [-0.15, -0.1) is 0 Å². The number of benzene rings is 1. The van der Waals surface area contributed by atoms with Crippen molar-refractivity contribution in [3.63, 3.8) is 0 Å². The number of hydrogen-bond acceptors (Lipinski definition) is 3. The van der Waals surface area contributed by atoms with E-state index in [1.54, 1.807) is 25.7 Å². The highest BCUT2D eigenvalue weighted by atomic mass is 19.1. The van der Waals surface area contributed by atoms with Crippen molar-refractivity contribution in [2.45, 2.75) is 51.7 Å². The summed E-state index contributed by atoms with van der Waals surface area (Å²) in [6.45, 7) is 5.08. The second-order valence-electron chi connectivity index (χ2n) is 6.68. The van der Waals surface area contributed by atoms with Gasteiger partial charge < -0.3 is 10.6 Å². The Morgan fingerprint density at radius 1 is 1.35 bits per heavy atom. The average Bonchev–Trinajstić information content (AvgIpc) is 2.90. The predicted octanol–water partition coefficient (Wildman–Crippen LogP) is 2.89. The summed E-state index contributed by atoms with van der Waals surface area (Å²) in [6.07, 6.45) is 1.12. The Balaban J connectivity index is 2.47. The van der Waals surface area contributed by atoms with Crippen LogP contribution in [-0.2, 0) is 4.79 Å². The fourth-order valence-corrected chi connectivity index (χ4v) is 3.23. The summed E-state index contributed by atoms with van der Waals surface area (Å²) in [5.41, 5.74) is 5.36. The Hall–Kier alpha value is -2.00. The second kappa shape index (κ2) is 6.25. The molecule has 2 N–H and O–H groups in total. The van der Waals surface area contributed by atoms with Crippen molar-refractivity contribution in [3.05, 3.63) is 35.4 Å². The lowest BCUT2D eigenvalue weighted by atomic mass is 9.84. The van der Waals surface area contributed by atoms with Crippen molar-refractivity contribution in [1.82, 2.24) is 4.90 Å². The van der Waals surface area contributed by atoms with Gasteiger partial charge in [0.1, 0.15) is 11.6 Å². The Kier molecular flexibility index (Phi) is 4.71. The van der Waals surface area contributed by atoms with Gasteiger partial charge in [-0.2, -0.15) is 5.26 Å². The van der Waals surface area contributed by atoms with Crippen LogP contribution in [0.5, 0.6) is 0 Å². The van der Waals surface area contributed by atoms with E-state index >= 15 is 0 Å². The molecule has 1 amide bonds. The van der Waals surface area contributed by atoms with Crippen LogP contribution in [-0.4, -0.2) is 22.9 Å². The number of halogens is 2. The number of carbonyl (C=O) groups excluding carboxylic acids is 1. The van der Waals surface area contributed by atoms with Crippen LogP contribution < -0.4 is 5.73 Å². The van der Waals surface area contributed by atoms with Crippen LogP contribution in [0, 0.1) is 28.4 Å². The summed E-state index contributed by atoms with van der Waals surface area (Å²) in [5.74, 6) is -1.68. The van der Waals surface area contributed by atoms with Gasteiger partial charge >= 0.3 is 0 Å². The summed E-state index contributed by atoms with van der Waals surface area (Å²) in [7, 11) is 0. The largest absolute Gasteiger partial charge is 0.330 e. The van der Waals surface area contributed by atoms with E-state index in [0.29, 0.717) is 18.4 Å². The molecule has 0 radical (unpaired) electrons. The van der Waals surface area contributed by atoms with E-state index in [4.69, 9.17) is 5.73 Å². The number of hydrogen-bond donors (Lipinski definition) is 1. The molecule has 3 atom stereocenters. The van der Waals surface area contributed by atoms with E-state index in [1.165, 1.54) is 12.1 Å². The fraction of sp³-hybridized carbons (Fsp3) is 0.529. The maximum atomic E-state index is 13.5. The first-order valence-electron chi connectivity index (χ1n) is 7.62. The van der Waals surface area contributed by atoms with Gasteiger partial charge in [0.25, 0.3) is 0 Å². The third-order valence-electron chi connectivity index (χ3n) is 4.42. The van der Waals surface area contributed by atoms with E-state index in [0.717, 1.165) is 6.07 Å². The van der Waals surface area contributed by atoms with E-state index in [2.05, 4.69) is 6.07 Å². The van der Waals surface area contributed by atoms with Crippen molar-refractivity contribution < 1.29 is 13.6 Å². The number of nitrogens with two attached hydrogens (primary N) is 1. The number of amides is 1. The molecule has 1 heterocycles. The zero-order valence-electron chi connectivity index (χ0n) is 13.5. The molecular weight excluding hydrogens is 300 g/mol. The first-order valence-corrected chi connectivity index (χ1v) is 7.62. The fourth-order valence-electron chi connectivity index (χ4n) is 3.23. The van der Waals surface area contributed by atoms with Gasteiger partial charge in [-0.25, -0.2) is 8.78 Å². The van der Waals surface area contributed by atoms with Crippen molar-refractivity contribution in [2.75, 3.05) is 0 Å². The van der Waals surface area contributed by atoms with E-state index in [1.807, 2.05) is 0 Å². The number of likely N-dealkylation sites (tertiary alicyclic amines) is 1. The Morgan fingerprint density at radius 2 is 1.91 bits per heavy atom. The summed E-state index contributed by atoms with van der Waals surface area (Å²) in [6, 6.07) is 3.92. The molecule has 1 aliphatic heterocycles. The van der Waals surface area contributed by atoms with Crippen molar-refractivity contribution in [2.24, 2.45) is 11.1 Å². The Bertz CT molecular complexity index is 631. The second-order valence-corrected chi connectivity index (χ2v) is 6.68. The molecule has 23 heavy (non-hydrogen) atoms. The topological polar surface area (TPSA) is 70.1 Å². The van der Waals surface area contributed by atoms with Crippen LogP contribution in [0.3, 0.4) is 0 Å². The molecule has 1 aliphatic rings. The van der Waals surface area contributed by atoms with Gasteiger partial charge in [-0.3, -0.25) is 4.79 Å². The zero-order chi connectivity index (χ0) is 17.4. The van der Waals surface area contributed by atoms with Crippen molar-refractivity contribution in [3.8, 4) is 6.07 Å². The minimum atomic E-state index is -0.773. The SMILES string of the molecule is CC(N)C(=O)N1[C@H](c2cc(F)cc(F)c2)CC[C@@H]1C(C)(C)C#N. The maximum absolute atomic E-state index is 13.5. The smallest absolute Gasteiger partial charge is 0.240 e. The van der Waals surface area contributed by atoms with Crippen molar-refractivity contribution >= 4 is 5.91 Å². The van der Waals surface area contributed by atoms with Gasteiger partial charge in [0.2, 0.25) is 5.91 Å². The lowest BCUT2D eigenvalue weighted by Gasteiger charge is -2.37. The highest BCUT2D eigenvalue weighted by molar-refractivity contribution is 5.82. The molecule has 0 saturated carbocycles. The normalized spacial score (nSPS) is 22.7. The molecule has 1 saturated heterocycles. The minimum absolute atomic E-state index is 0.314. The number of rotatable bonds is 3. The first-order chi connectivity index (χ1) is 10.7. The van der Waals surface area contributed by atoms with E-state index in [9.17, 15) is 18.8 Å². The third kappa shape index (κ3) is 3.35. The zero-order valence-corrected chi connectivity index (χ0v) is 13.5. The highest BCUT2D eigenvalue weighted by Gasteiger charge is 2.46. The quantitative estimate of drug-likeness (QED) is 0.930. The van der Waals surface area contributed by atoms with Crippen LogP contribution in [0.4, 0.5) is 8.78 Å². The molecule has 2 rings (SSSR count). The van der Waals surface area contributed by atoms with Crippen LogP contribution in [0.25, 0.3) is 0 Å². The van der Waals surface area contributed by atoms with Gasteiger partial charge in [0, 0.05) is 6.07 Å². The van der Waals surface area contributed by atoms with Gasteiger partial charge in [0.15, 0.2) is 0 Å². The standard InChI is InChI=1S/C17H21F2N3O/c1-10(21)16(23)22-14(4-5-15(22)17(2,3)9-20)11-6-12(18)8-13(19)7-11/h6-8,10,14-15H,4-5,21H2,1-3H3/t10?,14-,15+/m0/s1. The summed E-state index contributed by atoms with van der Waals surface area (Å²) < 4.78 is 27.1. The monoisotopic (exact) mass is 321 g/mol. The Morgan fingerprint density at radius 3 is 2.39 bits per heavy atom. The average molecular weight is 321 g/mol. The first kappa shape index (κ1) is 17.4. The molecule has 1 aromatic carbocycles. The van der Waals surface area contributed by atoms with Crippen LogP contribution >= 0.6 is 0 Å². The summed E-state index contributed by atoms with van der Waals surface area (Å²) in [4.78, 5) is 14.1. The van der Waals surface area contributed by atoms with Crippen molar-refractivity contribution in [1.29, 1.82) is 5.26 Å². The van der Waals surface area contributed by atoms with Crippen LogP contribution in [0.15, 0.2) is 18.2 Å². The number of carbonyl (C=O) groups is 1. The molecule has 124 valence electrons. The molecule has 0 spiro atoms. The molecule has 1 unspecified atom stereocenters. The molecular formula is C17H21F2N3O. The van der Waals surface area contributed by atoms with E-state index in [-0.39, 0.29) is 11.9 Å². The molecule has 0 aliphatic carbocycles. The molecule has 1 aromatic rings. The molecule has 0 bridgehead atoms. The third-order valence-corrected chi connectivity index (χ3v) is 4.42. The summed E-state index contributed by atoms with van der Waals surface area (Å²) in [5, 5.41) is 9.40. The number of nitriles is 1. The maximum Gasteiger partial charge on any atom is 0.240 e.